The van der Waals surface area contributed by atoms with Gasteiger partial charge in [0.2, 0.25) is 0 Å². The van der Waals surface area contributed by atoms with Crippen molar-refractivity contribution in [3.8, 4) is 0 Å². The van der Waals surface area contributed by atoms with Gasteiger partial charge < -0.3 is 0 Å². The normalized spacial score (nSPS) is 13.9. The first kappa shape index (κ1) is 12.6. The Balaban J connectivity index is 1.98. The summed E-state index contributed by atoms with van der Waals surface area (Å²) in [4.78, 5) is 1.38. The summed E-state index contributed by atoms with van der Waals surface area (Å²) in [6.07, 6.45) is 7.95. The molecule has 1 heteroatoms. The first-order valence-electron chi connectivity index (χ1n) is 7.27. The quantitative estimate of drug-likeness (QED) is 0.502. The molecule has 102 valence electrons. The number of fused-ring (bicyclic) bond motifs is 3. The van der Waals surface area contributed by atoms with Gasteiger partial charge in [-0.2, -0.15) is 0 Å². The number of thiophene rings is 1. The van der Waals surface area contributed by atoms with Crippen LogP contribution in [0.15, 0.2) is 54.6 Å². The van der Waals surface area contributed by atoms with E-state index in [2.05, 4.69) is 73.7 Å². The predicted octanol–water partition coefficient (Wildman–Crippen LogP) is 6.17. The van der Waals surface area contributed by atoms with Crippen molar-refractivity contribution in [3.05, 3.63) is 76.2 Å². The van der Waals surface area contributed by atoms with Crippen molar-refractivity contribution in [2.75, 3.05) is 0 Å². The molecule has 0 fully saturated rings. The second kappa shape index (κ2) is 5.01. The summed E-state index contributed by atoms with van der Waals surface area (Å²) >= 11 is 1.89. The molecule has 0 spiro atoms. The van der Waals surface area contributed by atoms with E-state index in [1.54, 1.807) is 0 Å². The van der Waals surface area contributed by atoms with Crippen LogP contribution in [0.25, 0.3) is 27.8 Å². The summed E-state index contributed by atoms with van der Waals surface area (Å²) in [7, 11) is 0. The zero-order valence-electron chi connectivity index (χ0n) is 12.0. The van der Waals surface area contributed by atoms with Crippen molar-refractivity contribution in [2.24, 2.45) is 0 Å². The molecular weight excluding hydrogens is 272 g/mol. The van der Waals surface area contributed by atoms with Crippen LogP contribution in [0.3, 0.4) is 0 Å². The first-order valence-corrected chi connectivity index (χ1v) is 8.09. The summed E-state index contributed by atoms with van der Waals surface area (Å²) in [5.41, 5.74) is 5.47. The number of allylic oxidation sites excluding steroid dienone is 2. The molecule has 1 aliphatic rings. The van der Waals surface area contributed by atoms with Crippen molar-refractivity contribution >= 4 is 39.1 Å². The number of hydrogen-bond donors (Lipinski definition) is 0. The minimum atomic E-state index is 0.999. The molecule has 0 saturated carbocycles. The van der Waals surface area contributed by atoms with E-state index in [1.807, 2.05) is 11.3 Å². The molecule has 0 radical (unpaired) electrons. The molecule has 4 rings (SSSR count). The highest BCUT2D eigenvalue weighted by atomic mass is 32.1. The zero-order chi connectivity index (χ0) is 14.2. The van der Waals surface area contributed by atoms with Gasteiger partial charge in [0.25, 0.3) is 0 Å². The van der Waals surface area contributed by atoms with Gasteiger partial charge in [-0.15, -0.1) is 11.3 Å². The van der Waals surface area contributed by atoms with Crippen LogP contribution >= 0.6 is 11.3 Å². The van der Waals surface area contributed by atoms with Crippen LogP contribution in [0.1, 0.15) is 28.0 Å². The fourth-order valence-electron chi connectivity index (χ4n) is 3.01. The van der Waals surface area contributed by atoms with Crippen LogP contribution in [0.5, 0.6) is 0 Å². The van der Waals surface area contributed by atoms with E-state index >= 15 is 0 Å². The van der Waals surface area contributed by atoms with E-state index < -0.39 is 0 Å². The molecule has 1 aromatic heterocycles. The summed E-state index contributed by atoms with van der Waals surface area (Å²) < 4.78 is 1.38. The Kier molecular flexibility index (Phi) is 3.01. The van der Waals surface area contributed by atoms with Crippen LogP contribution < -0.4 is 0 Å². The smallest absolute Gasteiger partial charge is 0.0358 e. The zero-order valence-corrected chi connectivity index (χ0v) is 12.8. The summed E-state index contributed by atoms with van der Waals surface area (Å²) in [5.74, 6) is 0. The van der Waals surface area contributed by atoms with Gasteiger partial charge in [-0.05, 0) is 48.3 Å². The van der Waals surface area contributed by atoms with Crippen molar-refractivity contribution in [2.45, 2.75) is 13.3 Å². The third-order valence-corrected chi connectivity index (χ3v) is 5.20. The van der Waals surface area contributed by atoms with Gasteiger partial charge in [0.05, 0.1) is 0 Å². The van der Waals surface area contributed by atoms with Gasteiger partial charge in [-0.3, -0.25) is 0 Å². The van der Waals surface area contributed by atoms with Gasteiger partial charge in [-0.1, -0.05) is 48.5 Å². The summed E-state index contributed by atoms with van der Waals surface area (Å²) in [5, 5.41) is 1.41. The lowest BCUT2D eigenvalue weighted by molar-refractivity contribution is 1.42. The third-order valence-electron chi connectivity index (χ3n) is 4.06. The maximum atomic E-state index is 2.39. The molecule has 1 aliphatic carbocycles. The molecule has 0 bridgehead atoms. The molecule has 3 aromatic rings. The number of aryl methyl sites for hydroxylation is 1. The van der Waals surface area contributed by atoms with Gasteiger partial charge in [-0.25, -0.2) is 0 Å². The maximum Gasteiger partial charge on any atom is 0.0358 e. The molecule has 2 aromatic carbocycles. The lowest BCUT2D eigenvalue weighted by Crippen LogP contribution is -1.83. The fourth-order valence-corrected chi connectivity index (χ4v) is 4.21. The number of rotatable bonds is 1. The van der Waals surface area contributed by atoms with Gasteiger partial charge >= 0.3 is 0 Å². The van der Waals surface area contributed by atoms with Crippen molar-refractivity contribution in [1.82, 2.24) is 0 Å². The highest BCUT2D eigenvalue weighted by Gasteiger charge is 2.13. The van der Waals surface area contributed by atoms with Crippen molar-refractivity contribution in [1.29, 1.82) is 0 Å². The van der Waals surface area contributed by atoms with Crippen LogP contribution in [0, 0.1) is 6.92 Å². The monoisotopic (exact) mass is 288 g/mol. The largest absolute Gasteiger partial charge is 0.135 e. The molecule has 0 unspecified atom stereocenters. The van der Waals surface area contributed by atoms with Crippen LogP contribution in [0.2, 0.25) is 0 Å². The van der Waals surface area contributed by atoms with E-state index in [0.29, 0.717) is 0 Å². The Hall–Kier alpha value is -2.12. The number of hydrogen-bond acceptors (Lipinski definition) is 1. The minimum absolute atomic E-state index is 0.999. The minimum Gasteiger partial charge on any atom is -0.135 e. The van der Waals surface area contributed by atoms with Gasteiger partial charge in [0.15, 0.2) is 0 Å². The van der Waals surface area contributed by atoms with Gasteiger partial charge in [0, 0.05) is 20.5 Å². The van der Waals surface area contributed by atoms with E-state index in [4.69, 9.17) is 0 Å². The molecule has 0 amide bonds. The standard InChI is InChI=1S/C20H16S/c1-14-7-5-12-19-20(14)17-13-16(10-6-11-18(17)21-19)15-8-3-2-4-9-15/h2-9,11-13H,10H2,1H3. The maximum absolute atomic E-state index is 2.39. The fraction of sp³-hybridized carbons (Fsp3) is 0.100. The van der Waals surface area contributed by atoms with E-state index in [1.165, 1.54) is 37.2 Å². The van der Waals surface area contributed by atoms with Crippen LogP contribution in [0.4, 0.5) is 0 Å². The Morgan fingerprint density at radius 1 is 0.952 bits per heavy atom. The van der Waals surface area contributed by atoms with Crippen molar-refractivity contribution in [3.63, 3.8) is 0 Å². The highest BCUT2D eigenvalue weighted by Crippen LogP contribution is 2.39. The average Bonchev–Trinajstić information content (AvgIpc) is 2.73. The lowest BCUT2D eigenvalue weighted by Gasteiger charge is -2.05. The predicted molar refractivity (Wildman–Crippen MR) is 94.5 cm³/mol. The van der Waals surface area contributed by atoms with Crippen LogP contribution in [-0.4, -0.2) is 0 Å². The topological polar surface area (TPSA) is 0 Å². The van der Waals surface area contributed by atoms with E-state index in [0.717, 1.165) is 6.42 Å². The molecule has 0 N–H and O–H groups in total. The van der Waals surface area contributed by atoms with E-state index in [-0.39, 0.29) is 0 Å². The third kappa shape index (κ3) is 2.14. The van der Waals surface area contributed by atoms with Gasteiger partial charge in [0.1, 0.15) is 0 Å². The van der Waals surface area contributed by atoms with E-state index in [9.17, 15) is 0 Å². The molecule has 0 nitrogen and oxygen atoms in total. The molecule has 0 atom stereocenters. The van der Waals surface area contributed by atoms with Crippen LogP contribution in [-0.2, 0) is 0 Å². The summed E-state index contributed by atoms with van der Waals surface area (Å²) in [6, 6.07) is 17.3. The lowest BCUT2D eigenvalue weighted by atomic mass is 9.99. The molecule has 1 heterocycles. The van der Waals surface area contributed by atoms with Crippen molar-refractivity contribution < 1.29 is 0 Å². The Morgan fingerprint density at radius 3 is 2.67 bits per heavy atom. The average molecular weight is 288 g/mol. The Labute approximate surface area is 129 Å². The first-order chi connectivity index (χ1) is 10.3. The molecular formula is C20H16S. The molecule has 21 heavy (non-hydrogen) atoms. The Bertz CT molecular complexity index is 863. The molecule has 0 aliphatic heterocycles. The second-order valence-electron chi connectivity index (χ2n) is 5.47. The SMILES string of the molecule is Cc1cccc2sc3c(c12)C=C(c1ccccc1)CC=C3. The number of benzene rings is 2. The Morgan fingerprint density at radius 2 is 1.81 bits per heavy atom. The summed E-state index contributed by atoms with van der Waals surface area (Å²) in [6.45, 7) is 2.21. The highest BCUT2D eigenvalue weighted by molar-refractivity contribution is 7.20. The molecule has 0 saturated heterocycles. The second-order valence-corrected chi connectivity index (χ2v) is 6.55.